The normalized spacial score (nSPS) is 26.2. The van der Waals surface area contributed by atoms with Gasteiger partial charge in [-0.1, -0.05) is 5.16 Å². The smallest absolute Gasteiger partial charge is 0.231 e. The van der Waals surface area contributed by atoms with Crippen molar-refractivity contribution in [2.45, 2.75) is 19.8 Å². The fourth-order valence-corrected chi connectivity index (χ4v) is 1.80. The van der Waals surface area contributed by atoms with Crippen LogP contribution in [0.5, 0.6) is 0 Å². The van der Waals surface area contributed by atoms with Crippen LogP contribution in [0.2, 0.25) is 0 Å². The highest BCUT2D eigenvalue weighted by Gasteiger charge is 2.34. The molecule has 0 aliphatic carbocycles. The zero-order valence-electron chi connectivity index (χ0n) is 8.75. The van der Waals surface area contributed by atoms with Gasteiger partial charge in [0.05, 0.1) is 11.6 Å². The summed E-state index contributed by atoms with van der Waals surface area (Å²) >= 11 is 0. The Kier molecular flexibility index (Phi) is 2.73. The minimum atomic E-state index is -0.324. The van der Waals surface area contributed by atoms with Gasteiger partial charge in [-0.05, 0) is 26.3 Å². The van der Waals surface area contributed by atoms with Crippen molar-refractivity contribution < 1.29 is 9.32 Å². The molecule has 0 spiro atoms. The van der Waals surface area contributed by atoms with Crippen LogP contribution in [0.4, 0.5) is 5.69 Å². The quantitative estimate of drug-likeness (QED) is 0.762. The second kappa shape index (κ2) is 4.02. The van der Waals surface area contributed by atoms with Crippen LogP contribution >= 0.6 is 0 Å². The van der Waals surface area contributed by atoms with Crippen molar-refractivity contribution in [1.29, 1.82) is 0 Å². The molecule has 1 saturated heterocycles. The molecule has 1 aromatic heterocycles. The molecule has 5 heteroatoms. The Labute approximate surface area is 88.2 Å². The first-order chi connectivity index (χ1) is 7.21. The molecule has 2 N–H and O–H groups in total. The van der Waals surface area contributed by atoms with E-state index >= 15 is 0 Å². The number of hydrogen-bond donors (Lipinski definition) is 2. The van der Waals surface area contributed by atoms with Gasteiger partial charge in [-0.2, -0.15) is 0 Å². The van der Waals surface area contributed by atoms with Crippen LogP contribution in [0, 0.1) is 5.41 Å². The average Bonchev–Trinajstić information content (AvgIpc) is 2.71. The van der Waals surface area contributed by atoms with Crippen molar-refractivity contribution in [3.05, 3.63) is 12.5 Å². The molecular weight excluding hydrogens is 194 g/mol. The molecule has 0 aromatic carbocycles. The number of carbonyl (C=O) groups is 1. The van der Waals surface area contributed by atoms with E-state index in [2.05, 4.69) is 20.3 Å². The van der Waals surface area contributed by atoms with Crippen LogP contribution in [0.25, 0.3) is 0 Å². The van der Waals surface area contributed by atoms with Gasteiger partial charge in [-0.3, -0.25) is 4.79 Å². The lowest BCUT2D eigenvalue weighted by Crippen LogP contribution is -2.45. The third-order valence-corrected chi connectivity index (χ3v) is 2.84. The van der Waals surface area contributed by atoms with Crippen LogP contribution in [0.3, 0.4) is 0 Å². The van der Waals surface area contributed by atoms with Gasteiger partial charge in [0.15, 0.2) is 0 Å². The maximum atomic E-state index is 12.0. The number of hydrogen-bond acceptors (Lipinski definition) is 4. The first-order valence-electron chi connectivity index (χ1n) is 5.12. The van der Waals surface area contributed by atoms with Crippen LogP contribution in [0.15, 0.2) is 17.0 Å². The number of aromatic nitrogens is 1. The summed E-state index contributed by atoms with van der Waals surface area (Å²) in [5.74, 6) is 0.0258. The third-order valence-electron chi connectivity index (χ3n) is 2.84. The molecule has 1 aromatic rings. The highest BCUT2D eigenvalue weighted by Crippen LogP contribution is 2.26. The molecule has 82 valence electrons. The van der Waals surface area contributed by atoms with E-state index in [-0.39, 0.29) is 11.3 Å². The van der Waals surface area contributed by atoms with E-state index in [9.17, 15) is 4.79 Å². The summed E-state index contributed by atoms with van der Waals surface area (Å²) in [6.07, 6.45) is 4.87. The predicted octanol–water partition coefficient (Wildman–Crippen LogP) is 1.00. The van der Waals surface area contributed by atoms with Crippen LogP contribution in [-0.4, -0.2) is 24.2 Å². The molecule has 1 unspecified atom stereocenters. The molecule has 0 bridgehead atoms. The minimum absolute atomic E-state index is 0.0258. The van der Waals surface area contributed by atoms with Gasteiger partial charge in [-0.25, -0.2) is 0 Å². The number of piperidine rings is 1. The summed E-state index contributed by atoms with van der Waals surface area (Å²) < 4.78 is 4.66. The Bertz CT molecular complexity index is 328. The van der Waals surface area contributed by atoms with E-state index in [0.717, 1.165) is 25.9 Å². The molecular formula is C10H15N3O2. The fourth-order valence-electron chi connectivity index (χ4n) is 1.80. The number of amides is 1. The lowest BCUT2D eigenvalue weighted by Gasteiger charge is -2.32. The highest BCUT2D eigenvalue weighted by atomic mass is 16.5. The molecule has 1 atom stereocenters. The Morgan fingerprint density at radius 2 is 2.60 bits per heavy atom. The highest BCUT2D eigenvalue weighted by molar-refractivity contribution is 5.95. The monoisotopic (exact) mass is 209 g/mol. The van der Waals surface area contributed by atoms with Gasteiger partial charge in [0.2, 0.25) is 5.91 Å². The van der Waals surface area contributed by atoms with E-state index in [1.54, 1.807) is 0 Å². The van der Waals surface area contributed by atoms with Crippen molar-refractivity contribution in [2.75, 3.05) is 18.4 Å². The van der Waals surface area contributed by atoms with Gasteiger partial charge in [0.25, 0.3) is 0 Å². The molecule has 2 heterocycles. The van der Waals surface area contributed by atoms with E-state index < -0.39 is 0 Å². The topological polar surface area (TPSA) is 67.2 Å². The lowest BCUT2D eigenvalue weighted by atomic mass is 9.82. The number of anilines is 1. The standard InChI is InChI=1S/C10H15N3O2/c1-10(3-2-4-11-7-10)9(14)13-8-5-12-15-6-8/h5-6,11H,2-4,7H2,1H3,(H,13,14). The molecule has 5 nitrogen and oxygen atoms in total. The maximum Gasteiger partial charge on any atom is 0.231 e. The molecule has 1 aliphatic heterocycles. The first-order valence-corrected chi connectivity index (χ1v) is 5.12. The van der Waals surface area contributed by atoms with E-state index in [4.69, 9.17) is 0 Å². The Morgan fingerprint density at radius 1 is 1.73 bits per heavy atom. The molecule has 2 rings (SSSR count). The van der Waals surface area contributed by atoms with Crippen molar-refractivity contribution in [2.24, 2.45) is 5.41 Å². The summed E-state index contributed by atoms with van der Waals surface area (Å²) in [7, 11) is 0. The number of rotatable bonds is 2. The zero-order valence-corrected chi connectivity index (χ0v) is 8.75. The fraction of sp³-hybridized carbons (Fsp3) is 0.600. The zero-order chi connectivity index (χ0) is 10.7. The van der Waals surface area contributed by atoms with Crippen LogP contribution in [0.1, 0.15) is 19.8 Å². The molecule has 1 aliphatic rings. The second-order valence-electron chi connectivity index (χ2n) is 4.21. The summed E-state index contributed by atoms with van der Waals surface area (Å²) in [6.45, 7) is 3.70. The Balaban J connectivity index is 2.00. The predicted molar refractivity (Wildman–Crippen MR) is 55.3 cm³/mol. The Morgan fingerprint density at radius 3 is 3.20 bits per heavy atom. The van der Waals surface area contributed by atoms with E-state index in [1.165, 1.54) is 12.5 Å². The summed E-state index contributed by atoms with van der Waals surface area (Å²) in [6, 6.07) is 0. The summed E-state index contributed by atoms with van der Waals surface area (Å²) in [5, 5.41) is 9.57. The first kappa shape index (κ1) is 10.2. The second-order valence-corrected chi connectivity index (χ2v) is 4.21. The van der Waals surface area contributed by atoms with Gasteiger partial charge in [0.1, 0.15) is 12.0 Å². The summed E-state index contributed by atoms with van der Waals surface area (Å²) in [4.78, 5) is 12.0. The molecule has 0 radical (unpaired) electrons. The molecule has 1 amide bonds. The molecule has 0 saturated carbocycles. The van der Waals surface area contributed by atoms with E-state index in [1.807, 2.05) is 6.92 Å². The van der Waals surface area contributed by atoms with Gasteiger partial charge >= 0.3 is 0 Å². The van der Waals surface area contributed by atoms with Gasteiger partial charge in [-0.15, -0.1) is 0 Å². The maximum absolute atomic E-state index is 12.0. The number of nitrogens with one attached hydrogen (secondary N) is 2. The molecule has 15 heavy (non-hydrogen) atoms. The SMILES string of the molecule is CC1(C(=O)Nc2cnoc2)CCCNC1. The van der Waals surface area contributed by atoms with Crippen molar-refractivity contribution in [3.63, 3.8) is 0 Å². The minimum Gasteiger partial charge on any atom is -0.363 e. The van der Waals surface area contributed by atoms with Crippen LogP contribution < -0.4 is 10.6 Å². The Hall–Kier alpha value is -1.36. The molecule has 1 fully saturated rings. The largest absolute Gasteiger partial charge is 0.363 e. The number of carbonyl (C=O) groups excluding carboxylic acids is 1. The average molecular weight is 209 g/mol. The van der Waals surface area contributed by atoms with Gasteiger partial charge in [0, 0.05) is 6.54 Å². The van der Waals surface area contributed by atoms with Crippen LogP contribution in [-0.2, 0) is 4.79 Å². The number of nitrogens with zero attached hydrogens (tertiary/aromatic N) is 1. The van der Waals surface area contributed by atoms with Crippen molar-refractivity contribution in [1.82, 2.24) is 10.5 Å². The van der Waals surface area contributed by atoms with E-state index in [0.29, 0.717) is 5.69 Å². The lowest BCUT2D eigenvalue weighted by molar-refractivity contribution is -0.125. The van der Waals surface area contributed by atoms with Crippen molar-refractivity contribution >= 4 is 11.6 Å². The van der Waals surface area contributed by atoms with Crippen molar-refractivity contribution in [3.8, 4) is 0 Å². The van der Waals surface area contributed by atoms with Gasteiger partial charge < -0.3 is 15.2 Å². The summed E-state index contributed by atoms with van der Waals surface area (Å²) in [5.41, 5.74) is 0.294. The third kappa shape index (κ3) is 2.18.